The lowest BCUT2D eigenvalue weighted by atomic mass is 9.92. The van der Waals surface area contributed by atoms with Crippen LogP contribution in [0, 0.1) is 19.8 Å². The molecule has 0 spiro atoms. The zero-order valence-corrected chi connectivity index (χ0v) is 17.1. The maximum absolute atomic E-state index is 13.2. The van der Waals surface area contributed by atoms with E-state index in [0.29, 0.717) is 5.92 Å². The van der Waals surface area contributed by atoms with Gasteiger partial charge in [-0.3, -0.25) is 9.69 Å². The molecule has 1 unspecified atom stereocenters. The van der Waals surface area contributed by atoms with E-state index in [9.17, 15) is 4.79 Å². The van der Waals surface area contributed by atoms with Gasteiger partial charge in [-0.2, -0.15) is 0 Å². The molecule has 1 fully saturated rings. The molecule has 1 aliphatic rings. The summed E-state index contributed by atoms with van der Waals surface area (Å²) in [5.41, 5.74) is 2.28. The fourth-order valence-electron chi connectivity index (χ4n) is 4.08. The van der Waals surface area contributed by atoms with E-state index in [1.807, 2.05) is 38.2 Å². The van der Waals surface area contributed by atoms with E-state index in [1.54, 1.807) is 0 Å². The predicted octanol–water partition coefficient (Wildman–Crippen LogP) is 3.43. The van der Waals surface area contributed by atoms with Crippen LogP contribution in [0.3, 0.4) is 0 Å². The van der Waals surface area contributed by atoms with Crippen molar-refractivity contribution in [2.24, 2.45) is 5.92 Å². The van der Waals surface area contributed by atoms with Crippen molar-refractivity contribution in [1.82, 2.24) is 19.4 Å². The molecule has 1 aliphatic heterocycles. The van der Waals surface area contributed by atoms with E-state index in [0.717, 1.165) is 50.3 Å². The standard InChI is InChI=1S/C22H32N4O/c1-17-6-5-7-20(16-17)21(24(3)4)22(27)26-13-9-19(10-14-26)8-12-25-15-11-23-18(25)2/h5-7,11,15-16,19,21H,8-10,12-14H2,1-4H3. The van der Waals surface area contributed by atoms with Crippen molar-refractivity contribution in [2.75, 3.05) is 27.2 Å². The first-order chi connectivity index (χ1) is 13.0. The SMILES string of the molecule is Cc1cccc(C(C(=O)N2CCC(CCn3ccnc3C)CC2)N(C)C)c1. The summed E-state index contributed by atoms with van der Waals surface area (Å²) in [6.45, 7) is 6.88. The lowest BCUT2D eigenvalue weighted by Gasteiger charge is -2.36. The Balaban J connectivity index is 1.57. The summed E-state index contributed by atoms with van der Waals surface area (Å²) in [4.78, 5) is 21.6. The van der Waals surface area contributed by atoms with Gasteiger partial charge in [0, 0.05) is 32.0 Å². The molecule has 1 aromatic carbocycles. The highest BCUT2D eigenvalue weighted by Crippen LogP contribution is 2.27. The maximum Gasteiger partial charge on any atom is 0.244 e. The van der Waals surface area contributed by atoms with Gasteiger partial charge >= 0.3 is 0 Å². The number of aryl methyl sites for hydroxylation is 3. The molecule has 1 atom stereocenters. The molecule has 27 heavy (non-hydrogen) atoms. The third kappa shape index (κ3) is 4.78. The Morgan fingerprint density at radius 2 is 2.00 bits per heavy atom. The van der Waals surface area contributed by atoms with Gasteiger partial charge in [0.05, 0.1) is 0 Å². The molecule has 0 radical (unpaired) electrons. The summed E-state index contributed by atoms with van der Waals surface area (Å²) < 4.78 is 2.22. The molecule has 0 saturated carbocycles. The number of hydrogen-bond donors (Lipinski definition) is 0. The highest BCUT2D eigenvalue weighted by molar-refractivity contribution is 5.83. The number of carbonyl (C=O) groups excluding carboxylic acids is 1. The minimum Gasteiger partial charge on any atom is -0.341 e. The molecule has 0 aliphatic carbocycles. The Morgan fingerprint density at radius 1 is 1.26 bits per heavy atom. The largest absolute Gasteiger partial charge is 0.341 e. The van der Waals surface area contributed by atoms with Crippen LogP contribution in [0.2, 0.25) is 0 Å². The Labute approximate surface area is 163 Å². The number of nitrogens with zero attached hydrogens (tertiary/aromatic N) is 4. The first kappa shape index (κ1) is 19.6. The van der Waals surface area contributed by atoms with Gasteiger partial charge in [-0.05, 0) is 58.7 Å². The number of aromatic nitrogens is 2. The van der Waals surface area contributed by atoms with Crippen molar-refractivity contribution < 1.29 is 4.79 Å². The number of benzene rings is 1. The van der Waals surface area contributed by atoms with Gasteiger partial charge in [-0.15, -0.1) is 0 Å². The van der Waals surface area contributed by atoms with Gasteiger partial charge in [0.1, 0.15) is 11.9 Å². The number of likely N-dealkylation sites (tertiary alicyclic amines) is 1. The fourth-order valence-corrected chi connectivity index (χ4v) is 4.08. The number of amides is 1. The van der Waals surface area contributed by atoms with Gasteiger partial charge in [0.25, 0.3) is 0 Å². The van der Waals surface area contributed by atoms with E-state index in [1.165, 1.54) is 5.56 Å². The second-order valence-corrected chi connectivity index (χ2v) is 8.01. The smallest absolute Gasteiger partial charge is 0.244 e. The summed E-state index contributed by atoms with van der Waals surface area (Å²) in [6.07, 6.45) is 7.26. The lowest BCUT2D eigenvalue weighted by molar-refractivity contribution is -0.137. The zero-order chi connectivity index (χ0) is 19.4. The molecule has 2 heterocycles. The number of rotatable bonds is 6. The number of carbonyl (C=O) groups is 1. The number of piperidine rings is 1. The molecule has 5 heteroatoms. The minimum atomic E-state index is -0.199. The topological polar surface area (TPSA) is 41.4 Å². The van der Waals surface area contributed by atoms with E-state index < -0.39 is 0 Å². The average Bonchev–Trinajstić information content (AvgIpc) is 3.05. The third-order valence-corrected chi connectivity index (χ3v) is 5.74. The van der Waals surface area contributed by atoms with Crippen molar-refractivity contribution in [2.45, 2.75) is 45.7 Å². The van der Waals surface area contributed by atoms with Crippen LogP contribution < -0.4 is 0 Å². The highest BCUT2D eigenvalue weighted by atomic mass is 16.2. The molecule has 0 bridgehead atoms. The van der Waals surface area contributed by atoms with Crippen molar-refractivity contribution in [3.05, 3.63) is 53.6 Å². The van der Waals surface area contributed by atoms with Crippen LogP contribution in [0.1, 0.15) is 42.3 Å². The van der Waals surface area contributed by atoms with Crippen LogP contribution in [0.15, 0.2) is 36.7 Å². The first-order valence-electron chi connectivity index (χ1n) is 9.95. The molecule has 1 amide bonds. The molecule has 0 N–H and O–H groups in total. The van der Waals surface area contributed by atoms with Gasteiger partial charge in [0.2, 0.25) is 5.91 Å². The molecule has 3 rings (SSSR count). The minimum absolute atomic E-state index is 0.199. The van der Waals surface area contributed by atoms with E-state index in [2.05, 4.69) is 45.8 Å². The van der Waals surface area contributed by atoms with Gasteiger partial charge in [0.15, 0.2) is 0 Å². The normalized spacial score (nSPS) is 16.7. The fraction of sp³-hybridized carbons (Fsp3) is 0.545. The number of likely N-dealkylation sites (N-methyl/N-ethyl adjacent to an activating group) is 1. The molecule has 2 aromatic rings. The third-order valence-electron chi connectivity index (χ3n) is 5.74. The summed E-state index contributed by atoms with van der Waals surface area (Å²) in [5, 5.41) is 0. The van der Waals surface area contributed by atoms with Crippen molar-refractivity contribution in [1.29, 1.82) is 0 Å². The second-order valence-electron chi connectivity index (χ2n) is 8.01. The van der Waals surface area contributed by atoms with Crippen LogP contribution in [0.25, 0.3) is 0 Å². The summed E-state index contributed by atoms with van der Waals surface area (Å²) in [5.74, 6) is 2.00. The monoisotopic (exact) mass is 368 g/mol. The maximum atomic E-state index is 13.2. The van der Waals surface area contributed by atoms with Crippen molar-refractivity contribution >= 4 is 5.91 Å². The molecule has 1 saturated heterocycles. The Kier molecular flexibility index (Phi) is 6.32. The van der Waals surface area contributed by atoms with Crippen LogP contribution >= 0.6 is 0 Å². The van der Waals surface area contributed by atoms with Crippen LogP contribution in [0.5, 0.6) is 0 Å². The molecule has 146 valence electrons. The first-order valence-corrected chi connectivity index (χ1v) is 9.95. The molecule has 1 aromatic heterocycles. The zero-order valence-electron chi connectivity index (χ0n) is 17.1. The lowest BCUT2D eigenvalue weighted by Crippen LogP contribution is -2.44. The van der Waals surface area contributed by atoms with E-state index in [4.69, 9.17) is 0 Å². The Hall–Kier alpha value is -2.14. The van der Waals surface area contributed by atoms with Crippen LogP contribution in [0.4, 0.5) is 0 Å². The summed E-state index contributed by atoms with van der Waals surface area (Å²) >= 11 is 0. The van der Waals surface area contributed by atoms with Crippen LogP contribution in [-0.2, 0) is 11.3 Å². The van der Waals surface area contributed by atoms with Crippen molar-refractivity contribution in [3.8, 4) is 0 Å². The second kappa shape index (κ2) is 8.70. The number of imidazole rings is 1. The molecule has 5 nitrogen and oxygen atoms in total. The quantitative estimate of drug-likeness (QED) is 0.784. The Morgan fingerprint density at radius 3 is 2.59 bits per heavy atom. The molecular formula is C22H32N4O. The van der Waals surface area contributed by atoms with Gasteiger partial charge in [-0.1, -0.05) is 29.8 Å². The average molecular weight is 369 g/mol. The van der Waals surface area contributed by atoms with E-state index >= 15 is 0 Å². The predicted molar refractivity (Wildman–Crippen MR) is 108 cm³/mol. The van der Waals surface area contributed by atoms with Crippen molar-refractivity contribution in [3.63, 3.8) is 0 Å². The van der Waals surface area contributed by atoms with Gasteiger partial charge < -0.3 is 9.47 Å². The van der Waals surface area contributed by atoms with Crippen LogP contribution in [-0.4, -0.2) is 52.4 Å². The van der Waals surface area contributed by atoms with E-state index in [-0.39, 0.29) is 11.9 Å². The highest BCUT2D eigenvalue weighted by Gasteiger charge is 2.30. The Bertz CT molecular complexity index is 759. The van der Waals surface area contributed by atoms with Gasteiger partial charge in [-0.25, -0.2) is 4.98 Å². The molecular weight excluding hydrogens is 336 g/mol. The summed E-state index contributed by atoms with van der Waals surface area (Å²) in [6, 6.07) is 8.11. The summed E-state index contributed by atoms with van der Waals surface area (Å²) in [7, 11) is 3.98. The number of hydrogen-bond acceptors (Lipinski definition) is 3.